The molecule has 0 aliphatic carbocycles. The zero-order valence-electron chi connectivity index (χ0n) is 9.07. The predicted molar refractivity (Wildman–Crippen MR) is 62.5 cm³/mol. The summed E-state index contributed by atoms with van der Waals surface area (Å²) in [5.74, 6) is 2.35. The molecule has 2 aromatic heterocycles. The summed E-state index contributed by atoms with van der Waals surface area (Å²) in [4.78, 5) is 7.88. The van der Waals surface area contributed by atoms with E-state index in [0.29, 0.717) is 10.8 Å². The van der Waals surface area contributed by atoms with Gasteiger partial charge in [-0.25, -0.2) is 9.97 Å². The Morgan fingerprint density at radius 1 is 1.44 bits per heavy atom. The van der Waals surface area contributed by atoms with E-state index < -0.39 is 0 Å². The molecular formula is C11H12ClN3O. The van der Waals surface area contributed by atoms with E-state index in [-0.39, 0.29) is 6.04 Å². The van der Waals surface area contributed by atoms with Crippen molar-refractivity contribution in [2.45, 2.75) is 19.9 Å². The summed E-state index contributed by atoms with van der Waals surface area (Å²) in [5, 5.41) is 3.66. The molecule has 0 fully saturated rings. The Morgan fingerprint density at radius 3 is 2.88 bits per heavy atom. The second-order valence-corrected chi connectivity index (χ2v) is 3.94. The third kappa shape index (κ3) is 2.33. The lowest BCUT2D eigenvalue weighted by atomic mass is 10.2. The topological polar surface area (TPSA) is 51.0 Å². The second-order valence-electron chi connectivity index (χ2n) is 3.53. The smallest absolute Gasteiger partial charge is 0.148 e. The molecule has 2 heterocycles. The summed E-state index contributed by atoms with van der Waals surface area (Å²) >= 11 is 5.94. The summed E-state index contributed by atoms with van der Waals surface area (Å²) in [7, 11) is 0. The normalized spacial score (nSPS) is 12.4. The third-order valence-corrected chi connectivity index (χ3v) is 2.49. The van der Waals surface area contributed by atoms with Crippen LogP contribution < -0.4 is 5.32 Å². The first-order chi connectivity index (χ1) is 7.66. The first-order valence-electron chi connectivity index (χ1n) is 4.95. The standard InChI is InChI=1S/C11H12ClN3O/c1-7-3-4-10(16-7)8(2)15-11-9(12)5-13-6-14-11/h3-6,8H,1-2H3,(H,13,14,15). The summed E-state index contributed by atoms with van der Waals surface area (Å²) in [5.41, 5.74) is 0. The predicted octanol–water partition coefficient (Wildman–Crippen LogP) is 3.20. The summed E-state index contributed by atoms with van der Waals surface area (Å²) < 4.78 is 5.51. The maximum absolute atomic E-state index is 5.94. The number of halogens is 1. The number of anilines is 1. The van der Waals surface area contributed by atoms with Gasteiger partial charge in [-0.1, -0.05) is 11.6 Å². The quantitative estimate of drug-likeness (QED) is 0.891. The van der Waals surface area contributed by atoms with E-state index in [1.807, 2.05) is 26.0 Å². The molecule has 16 heavy (non-hydrogen) atoms. The van der Waals surface area contributed by atoms with Crippen molar-refractivity contribution < 1.29 is 4.42 Å². The molecule has 0 aliphatic heterocycles. The fourth-order valence-corrected chi connectivity index (χ4v) is 1.54. The molecule has 84 valence electrons. The van der Waals surface area contributed by atoms with Crippen molar-refractivity contribution in [3.05, 3.63) is 41.2 Å². The van der Waals surface area contributed by atoms with Crippen molar-refractivity contribution in [1.82, 2.24) is 9.97 Å². The van der Waals surface area contributed by atoms with Crippen LogP contribution in [-0.2, 0) is 0 Å². The number of nitrogens with zero attached hydrogens (tertiary/aromatic N) is 2. The lowest BCUT2D eigenvalue weighted by Gasteiger charge is -2.12. The minimum atomic E-state index is 0.0149. The van der Waals surface area contributed by atoms with Crippen LogP contribution in [0.1, 0.15) is 24.5 Å². The summed E-state index contributed by atoms with van der Waals surface area (Å²) in [6.07, 6.45) is 3.01. The molecule has 0 spiro atoms. The molecule has 1 atom stereocenters. The van der Waals surface area contributed by atoms with E-state index in [2.05, 4.69) is 15.3 Å². The van der Waals surface area contributed by atoms with E-state index in [0.717, 1.165) is 11.5 Å². The summed E-state index contributed by atoms with van der Waals surface area (Å²) in [6.45, 7) is 3.89. The molecule has 1 N–H and O–H groups in total. The van der Waals surface area contributed by atoms with E-state index in [4.69, 9.17) is 16.0 Å². The number of rotatable bonds is 3. The first-order valence-corrected chi connectivity index (χ1v) is 5.33. The number of aryl methyl sites for hydroxylation is 1. The number of furan rings is 1. The molecule has 2 rings (SSSR count). The molecule has 0 aromatic carbocycles. The van der Waals surface area contributed by atoms with Crippen LogP contribution in [0.15, 0.2) is 29.1 Å². The van der Waals surface area contributed by atoms with Crippen LogP contribution in [0.5, 0.6) is 0 Å². The zero-order valence-corrected chi connectivity index (χ0v) is 9.82. The van der Waals surface area contributed by atoms with E-state index in [1.54, 1.807) is 6.20 Å². The number of nitrogens with one attached hydrogen (secondary N) is 1. The van der Waals surface area contributed by atoms with Crippen molar-refractivity contribution in [1.29, 1.82) is 0 Å². The molecule has 0 bridgehead atoms. The Hall–Kier alpha value is -1.55. The van der Waals surface area contributed by atoms with Crippen LogP contribution >= 0.6 is 11.6 Å². The minimum absolute atomic E-state index is 0.0149. The van der Waals surface area contributed by atoms with Crippen LogP contribution in [0.2, 0.25) is 5.02 Å². The maximum atomic E-state index is 5.94. The van der Waals surface area contributed by atoms with Crippen LogP contribution in [0.3, 0.4) is 0 Å². The van der Waals surface area contributed by atoms with Crippen molar-refractivity contribution in [3.8, 4) is 0 Å². The van der Waals surface area contributed by atoms with Gasteiger partial charge < -0.3 is 9.73 Å². The van der Waals surface area contributed by atoms with E-state index >= 15 is 0 Å². The van der Waals surface area contributed by atoms with Gasteiger partial charge in [-0.15, -0.1) is 0 Å². The van der Waals surface area contributed by atoms with Crippen molar-refractivity contribution in [2.24, 2.45) is 0 Å². The Kier molecular flexibility index (Phi) is 3.10. The fraction of sp³-hybridized carbons (Fsp3) is 0.273. The minimum Gasteiger partial charge on any atom is -0.464 e. The average Bonchev–Trinajstić information content (AvgIpc) is 2.68. The van der Waals surface area contributed by atoms with Gasteiger partial charge in [0.25, 0.3) is 0 Å². The molecule has 0 saturated heterocycles. The highest BCUT2D eigenvalue weighted by atomic mass is 35.5. The lowest BCUT2D eigenvalue weighted by molar-refractivity contribution is 0.466. The van der Waals surface area contributed by atoms with E-state index in [9.17, 15) is 0 Å². The maximum Gasteiger partial charge on any atom is 0.148 e. The molecule has 0 saturated carbocycles. The summed E-state index contributed by atoms with van der Waals surface area (Å²) in [6, 6.07) is 3.87. The molecule has 4 nitrogen and oxygen atoms in total. The van der Waals surface area contributed by atoms with Crippen molar-refractivity contribution >= 4 is 17.4 Å². The molecule has 0 amide bonds. The van der Waals surface area contributed by atoms with Crippen LogP contribution in [-0.4, -0.2) is 9.97 Å². The van der Waals surface area contributed by atoms with Gasteiger partial charge in [0.15, 0.2) is 0 Å². The van der Waals surface area contributed by atoms with Crippen molar-refractivity contribution in [2.75, 3.05) is 5.32 Å². The number of hydrogen-bond donors (Lipinski definition) is 1. The fourth-order valence-electron chi connectivity index (χ4n) is 1.38. The lowest BCUT2D eigenvalue weighted by Crippen LogP contribution is -2.07. The van der Waals surface area contributed by atoms with Crippen LogP contribution in [0, 0.1) is 6.92 Å². The van der Waals surface area contributed by atoms with Crippen molar-refractivity contribution in [3.63, 3.8) is 0 Å². The Balaban J connectivity index is 2.13. The first kappa shape index (κ1) is 11.0. The second kappa shape index (κ2) is 4.53. The van der Waals surface area contributed by atoms with Crippen LogP contribution in [0.25, 0.3) is 0 Å². The van der Waals surface area contributed by atoms with Gasteiger partial charge in [0.05, 0.1) is 12.2 Å². The number of aromatic nitrogens is 2. The van der Waals surface area contributed by atoms with Gasteiger partial charge in [0.1, 0.15) is 28.7 Å². The van der Waals surface area contributed by atoms with Gasteiger partial charge in [0, 0.05) is 0 Å². The molecule has 0 aliphatic rings. The Bertz CT molecular complexity index is 484. The molecule has 5 heteroatoms. The van der Waals surface area contributed by atoms with Gasteiger partial charge in [-0.3, -0.25) is 0 Å². The Morgan fingerprint density at radius 2 is 2.25 bits per heavy atom. The van der Waals surface area contributed by atoms with E-state index in [1.165, 1.54) is 6.33 Å². The number of hydrogen-bond acceptors (Lipinski definition) is 4. The van der Waals surface area contributed by atoms with Gasteiger partial charge >= 0.3 is 0 Å². The van der Waals surface area contributed by atoms with Gasteiger partial charge in [-0.05, 0) is 26.0 Å². The highest BCUT2D eigenvalue weighted by Crippen LogP contribution is 2.23. The monoisotopic (exact) mass is 237 g/mol. The van der Waals surface area contributed by atoms with Gasteiger partial charge in [-0.2, -0.15) is 0 Å². The SMILES string of the molecule is Cc1ccc(C(C)Nc2ncncc2Cl)o1. The molecule has 1 unspecified atom stereocenters. The molecular weight excluding hydrogens is 226 g/mol. The highest BCUT2D eigenvalue weighted by Gasteiger charge is 2.11. The zero-order chi connectivity index (χ0) is 11.5. The largest absolute Gasteiger partial charge is 0.464 e. The van der Waals surface area contributed by atoms with Crippen LogP contribution in [0.4, 0.5) is 5.82 Å². The third-order valence-electron chi connectivity index (χ3n) is 2.21. The molecule has 0 radical (unpaired) electrons. The molecule has 2 aromatic rings. The Labute approximate surface area is 98.7 Å². The average molecular weight is 238 g/mol. The highest BCUT2D eigenvalue weighted by molar-refractivity contribution is 6.32. The van der Waals surface area contributed by atoms with Gasteiger partial charge in [0.2, 0.25) is 0 Å².